The fraction of sp³-hybridized carbons (Fsp3) is 0. The Morgan fingerprint density at radius 1 is 0.308 bits per heavy atom. The zero-order chi connectivity index (χ0) is 34.4. The molecule has 0 unspecified atom stereocenters. The molecule has 0 saturated carbocycles. The average molecular weight is 664 g/mol. The summed E-state index contributed by atoms with van der Waals surface area (Å²) in [6, 6.07) is 71.8. The van der Waals surface area contributed by atoms with Crippen LogP contribution in [-0.4, -0.2) is 0 Å². The molecule has 10 aromatic rings. The van der Waals surface area contributed by atoms with E-state index in [0.29, 0.717) is 0 Å². The van der Waals surface area contributed by atoms with Crippen LogP contribution in [0.25, 0.3) is 76.9 Å². The minimum atomic E-state index is 0.873. The van der Waals surface area contributed by atoms with Crippen molar-refractivity contribution in [1.29, 1.82) is 0 Å². The van der Waals surface area contributed by atoms with Gasteiger partial charge in [-0.25, -0.2) is 0 Å². The summed E-state index contributed by atoms with van der Waals surface area (Å²) in [6.07, 6.45) is 0. The van der Waals surface area contributed by atoms with Crippen LogP contribution in [-0.2, 0) is 0 Å². The highest BCUT2D eigenvalue weighted by molar-refractivity contribution is 6.13. The third-order valence-electron chi connectivity index (χ3n) is 10.2. The minimum absolute atomic E-state index is 0.873. The van der Waals surface area contributed by atoms with Gasteiger partial charge in [0.05, 0.1) is 11.1 Å². The molecule has 0 spiro atoms. The van der Waals surface area contributed by atoms with Crippen LogP contribution in [0.2, 0.25) is 0 Å². The van der Waals surface area contributed by atoms with E-state index in [2.05, 4.69) is 193 Å². The Bertz CT molecular complexity index is 2910. The SMILES string of the molecule is c1ccc(-c2cccc(N(c3ccc4ccc(-c5ccc6cc(-c7ccccc7)ccc6c5)cc4c3)c3cccc4oc5ccccc5c34)c2)cc1. The van der Waals surface area contributed by atoms with Crippen molar-refractivity contribution in [2.45, 2.75) is 0 Å². The Morgan fingerprint density at radius 2 is 0.827 bits per heavy atom. The quantitative estimate of drug-likeness (QED) is 0.176. The molecule has 9 aromatic carbocycles. The second kappa shape index (κ2) is 12.5. The number of furan rings is 1. The highest BCUT2D eigenvalue weighted by atomic mass is 16.3. The van der Waals surface area contributed by atoms with Crippen molar-refractivity contribution >= 4 is 60.5 Å². The number of nitrogens with zero attached hydrogens (tertiary/aromatic N) is 1. The minimum Gasteiger partial charge on any atom is -0.456 e. The van der Waals surface area contributed by atoms with E-state index in [-0.39, 0.29) is 0 Å². The molecule has 0 aliphatic carbocycles. The topological polar surface area (TPSA) is 16.4 Å². The van der Waals surface area contributed by atoms with E-state index in [1.807, 2.05) is 12.1 Å². The number of benzene rings is 9. The van der Waals surface area contributed by atoms with E-state index in [0.717, 1.165) is 39.0 Å². The van der Waals surface area contributed by atoms with Crippen LogP contribution in [0, 0.1) is 0 Å². The van der Waals surface area contributed by atoms with Crippen molar-refractivity contribution in [3.05, 3.63) is 200 Å². The normalized spacial score (nSPS) is 11.5. The summed E-state index contributed by atoms with van der Waals surface area (Å²) in [5, 5.41) is 7.06. The first kappa shape index (κ1) is 30.0. The van der Waals surface area contributed by atoms with Crippen molar-refractivity contribution in [3.63, 3.8) is 0 Å². The van der Waals surface area contributed by atoms with Gasteiger partial charge in [0, 0.05) is 16.8 Å². The molecule has 0 amide bonds. The first-order valence-electron chi connectivity index (χ1n) is 17.7. The molecule has 10 rings (SSSR count). The second-order valence-electron chi connectivity index (χ2n) is 13.4. The van der Waals surface area contributed by atoms with E-state index in [9.17, 15) is 0 Å². The van der Waals surface area contributed by atoms with Crippen LogP contribution >= 0.6 is 0 Å². The van der Waals surface area contributed by atoms with Gasteiger partial charge in [-0.05, 0) is 116 Å². The van der Waals surface area contributed by atoms with Crippen molar-refractivity contribution in [2.75, 3.05) is 4.90 Å². The average Bonchev–Trinajstić information content (AvgIpc) is 3.61. The van der Waals surface area contributed by atoms with Crippen molar-refractivity contribution in [1.82, 2.24) is 0 Å². The first-order chi connectivity index (χ1) is 25.7. The Labute approximate surface area is 302 Å². The summed E-state index contributed by atoms with van der Waals surface area (Å²) >= 11 is 0. The van der Waals surface area contributed by atoms with Crippen molar-refractivity contribution in [3.8, 4) is 33.4 Å². The standard InChI is InChI=1S/C50H33NO/c1-3-11-34(12-4-1)37-15-9-16-44(32-37)51(47-18-10-20-49-50(47)46-17-7-8-19-48(46)52-49)45-28-27-36-21-22-42(31-43(36)33-45)41-26-25-39-29-38(23-24-40(39)30-41)35-13-5-2-6-14-35/h1-33H. The number of hydrogen-bond acceptors (Lipinski definition) is 2. The maximum Gasteiger partial charge on any atom is 0.137 e. The summed E-state index contributed by atoms with van der Waals surface area (Å²) in [7, 11) is 0. The van der Waals surface area contributed by atoms with Crippen LogP contribution in [0.15, 0.2) is 205 Å². The lowest BCUT2D eigenvalue weighted by atomic mass is 9.96. The lowest BCUT2D eigenvalue weighted by Crippen LogP contribution is -2.10. The van der Waals surface area contributed by atoms with Gasteiger partial charge in [-0.1, -0.05) is 140 Å². The molecule has 0 bridgehead atoms. The Balaban J connectivity index is 1.11. The van der Waals surface area contributed by atoms with E-state index in [1.54, 1.807) is 0 Å². The van der Waals surface area contributed by atoms with Crippen LogP contribution in [0.3, 0.4) is 0 Å². The fourth-order valence-electron chi connectivity index (χ4n) is 7.61. The molecule has 0 radical (unpaired) electrons. The van der Waals surface area contributed by atoms with Gasteiger partial charge in [-0.15, -0.1) is 0 Å². The largest absolute Gasteiger partial charge is 0.456 e. The molecule has 0 N–H and O–H groups in total. The third kappa shape index (κ3) is 5.30. The van der Waals surface area contributed by atoms with Gasteiger partial charge in [0.1, 0.15) is 11.2 Å². The van der Waals surface area contributed by atoms with Gasteiger partial charge in [0.2, 0.25) is 0 Å². The van der Waals surface area contributed by atoms with Crippen LogP contribution in [0.1, 0.15) is 0 Å². The molecule has 0 fully saturated rings. The Morgan fingerprint density at radius 3 is 1.56 bits per heavy atom. The second-order valence-corrected chi connectivity index (χ2v) is 13.4. The Hall–Kier alpha value is -6.90. The summed E-state index contributed by atoms with van der Waals surface area (Å²) in [4.78, 5) is 2.38. The first-order valence-corrected chi connectivity index (χ1v) is 17.7. The van der Waals surface area contributed by atoms with Crippen LogP contribution in [0.5, 0.6) is 0 Å². The monoisotopic (exact) mass is 663 g/mol. The highest BCUT2D eigenvalue weighted by Crippen LogP contribution is 2.44. The Kier molecular flexibility index (Phi) is 7.18. The predicted molar refractivity (Wildman–Crippen MR) is 220 cm³/mol. The molecule has 0 aliphatic rings. The molecule has 2 heteroatoms. The fourth-order valence-corrected chi connectivity index (χ4v) is 7.61. The molecule has 1 aromatic heterocycles. The highest BCUT2D eigenvalue weighted by Gasteiger charge is 2.20. The maximum absolute atomic E-state index is 6.38. The molecule has 244 valence electrons. The molecule has 52 heavy (non-hydrogen) atoms. The van der Waals surface area contributed by atoms with Gasteiger partial charge in [0.15, 0.2) is 0 Å². The predicted octanol–water partition coefficient (Wildman–Crippen LogP) is 14.4. The molecule has 0 saturated heterocycles. The number of anilines is 3. The number of hydrogen-bond donors (Lipinski definition) is 0. The molecule has 0 atom stereocenters. The lowest BCUT2D eigenvalue weighted by molar-refractivity contribution is 0.669. The van der Waals surface area contributed by atoms with Gasteiger partial charge >= 0.3 is 0 Å². The van der Waals surface area contributed by atoms with Crippen LogP contribution in [0.4, 0.5) is 17.1 Å². The molecular weight excluding hydrogens is 631 g/mol. The zero-order valence-corrected chi connectivity index (χ0v) is 28.4. The summed E-state index contributed by atoms with van der Waals surface area (Å²) in [5.41, 5.74) is 12.2. The summed E-state index contributed by atoms with van der Waals surface area (Å²) in [6.45, 7) is 0. The number of para-hydroxylation sites is 1. The number of fused-ring (bicyclic) bond motifs is 5. The molecule has 2 nitrogen and oxygen atoms in total. The summed E-state index contributed by atoms with van der Waals surface area (Å²) < 4.78 is 6.38. The summed E-state index contributed by atoms with van der Waals surface area (Å²) in [5.74, 6) is 0. The number of rotatable bonds is 6. The van der Waals surface area contributed by atoms with Gasteiger partial charge in [-0.3, -0.25) is 0 Å². The van der Waals surface area contributed by atoms with Gasteiger partial charge < -0.3 is 9.32 Å². The van der Waals surface area contributed by atoms with E-state index in [1.165, 1.54) is 54.9 Å². The maximum atomic E-state index is 6.38. The smallest absolute Gasteiger partial charge is 0.137 e. The van der Waals surface area contributed by atoms with E-state index in [4.69, 9.17) is 4.42 Å². The van der Waals surface area contributed by atoms with E-state index < -0.39 is 0 Å². The van der Waals surface area contributed by atoms with Crippen molar-refractivity contribution in [2.24, 2.45) is 0 Å². The zero-order valence-electron chi connectivity index (χ0n) is 28.4. The van der Waals surface area contributed by atoms with Crippen LogP contribution < -0.4 is 4.90 Å². The molecule has 0 aliphatic heterocycles. The third-order valence-corrected chi connectivity index (χ3v) is 10.2. The van der Waals surface area contributed by atoms with Gasteiger partial charge in [-0.2, -0.15) is 0 Å². The molecule has 1 heterocycles. The molecular formula is C50H33NO. The van der Waals surface area contributed by atoms with E-state index >= 15 is 0 Å². The van der Waals surface area contributed by atoms with Crippen molar-refractivity contribution < 1.29 is 4.42 Å². The van der Waals surface area contributed by atoms with Gasteiger partial charge in [0.25, 0.3) is 0 Å². The lowest BCUT2D eigenvalue weighted by Gasteiger charge is -2.27.